The molecule has 0 aliphatic carbocycles. The molecule has 4 heteroatoms. The van der Waals surface area contributed by atoms with Gasteiger partial charge in [0.15, 0.2) is 11.6 Å². The summed E-state index contributed by atoms with van der Waals surface area (Å²) in [6.07, 6.45) is 3.41. The number of rotatable bonds is 3. The molecule has 3 heterocycles. The van der Waals surface area contributed by atoms with Crippen LogP contribution in [-0.2, 0) is 6.54 Å². The van der Waals surface area contributed by atoms with Crippen LogP contribution in [0.3, 0.4) is 0 Å². The first-order valence-corrected chi connectivity index (χ1v) is 9.93. The van der Waals surface area contributed by atoms with E-state index >= 15 is 0 Å². The predicted molar refractivity (Wildman–Crippen MR) is 112 cm³/mol. The summed E-state index contributed by atoms with van der Waals surface area (Å²) in [5.74, 6) is 0.577. The van der Waals surface area contributed by atoms with Crippen molar-refractivity contribution in [3.8, 4) is 5.75 Å². The summed E-state index contributed by atoms with van der Waals surface area (Å²) in [4.78, 5) is 2.55. The topological polar surface area (TPSA) is 17.4 Å². The highest BCUT2D eigenvalue weighted by Crippen LogP contribution is 2.42. The Labute approximate surface area is 165 Å². The normalized spacial score (nSPS) is 21.2. The Hall–Kier alpha value is -2.59. The monoisotopic (exact) mass is 376 g/mol. The lowest BCUT2D eigenvalue weighted by molar-refractivity contribution is 0.308. The van der Waals surface area contributed by atoms with E-state index in [1.54, 1.807) is 12.1 Å². The molecule has 2 aliphatic rings. The van der Waals surface area contributed by atoms with Crippen molar-refractivity contribution in [2.24, 2.45) is 0 Å². The first kappa shape index (κ1) is 17.5. The van der Waals surface area contributed by atoms with E-state index in [0.29, 0.717) is 5.92 Å². The third-order valence-corrected chi connectivity index (χ3v) is 6.29. The van der Waals surface area contributed by atoms with E-state index in [-0.39, 0.29) is 11.6 Å². The molecule has 2 unspecified atom stereocenters. The number of methoxy groups -OCH3 is 1. The van der Waals surface area contributed by atoms with Gasteiger partial charge < -0.3 is 9.30 Å². The average molecular weight is 376 g/mol. The second kappa shape index (κ2) is 6.49. The highest BCUT2D eigenvalue weighted by atomic mass is 19.1. The standard InChI is InChI=1S/C24H25FN2O/c1-15-4-6-21-19(10-15)24-18-8-9-26(13-18)14-22(24)27(21)12-16(2)17-5-7-23(28-3)20(25)11-17/h4-7,10-12,18H,8-9,13-14H2,1-3H3. The fraction of sp³-hybridized carbons (Fsp3) is 0.333. The number of halogens is 1. The number of allylic oxidation sites excluding steroid dienone is 1. The molecular weight excluding hydrogens is 351 g/mol. The van der Waals surface area contributed by atoms with Crippen molar-refractivity contribution in [1.82, 2.24) is 9.47 Å². The van der Waals surface area contributed by atoms with Gasteiger partial charge in [0.25, 0.3) is 0 Å². The van der Waals surface area contributed by atoms with Crippen molar-refractivity contribution in [1.29, 1.82) is 0 Å². The zero-order valence-corrected chi connectivity index (χ0v) is 16.6. The van der Waals surface area contributed by atoms with Crippen LogP contribution in [0.1, 0.15) is 41.6 Å². The molecule has 2 aliphatic heterocycles. The van der Waals surface area contributed by atoms with E-state index < -0.39 is 0 Å². The van der Waals surface area contributed by atoms with Crippen molar-refractivity contribution in [2.75, 3.05) is 20.2 Å². The summed E-state index contributed by atoms with van der Waals surface area (Å²) in [6, 6.07) is 11.9. The molecule has 0 radical (unpaired) electrons. The quantitative estimate of drug-likeness (QED) is 0.607. The molecule has 28 heavy (non-hydrogen) atoms. The first-order valence-electron chi connectivity index (χ1n) is 9.93. The minimum Gasteiger partial charge on any atom is -0.494 e. The van der Waals surface area contributed by atoms with Crippen LogP contribution >= 0.6 is 0 Å². The lowest BCUT2D eigenvalue weighted by Gasteiger charge is -2.24. The molecule has 1 aromatic heterocycles. The number of aryl methyl sites for hydroxylation is 1. The molecule has 5 rings (SSSR count). The van der Waals surface area contributed by atoms with Crippen molar-refractivity contribution < 1.29 is 9.13 Å². The van der Waals surface area contributed by atoms with Crippen LogP contribution in [0.2, 0.25) is 0 Å². The van der Waals surface area contributed by atoms with E-state index in [2.05, 4.69) is 40.8 Å². The van der Waals surface area contributed by atoms with Crippen LogP contribution in [0, 0.1) is 12.7 Å². The van der Waals surface area contributed by atoms with Crippen molar-refractivity contribution in [3.63, 3.8) is 0 Å². The lowest BCUT2D eigenvalue weighted by atomic mass is 9.93. The van der Waals surface area contributed by atoms with E-state index in [0.717, 1.165) is 17.7 Å². The van der Waals surface area contributed by atoms with Gasteiger partial charge in [-0.05, 0) is 67.8 Å². The molecule has 0 amide bonds. The minimum atomic E-state index is -0.327. The van der Waals surface area contributed by atoms with Gasteiger partial charge >= 0.3 is 0 Å². The maximum absolute atomic E-state index is 14.2. The van der Waals surface area contributed by atoms with Crippen LogP contribution in [0.15, 0.2) is 36.4 Å². The Kier molecular flexibility index (Phi) is 4.06. The molecule has 144 valence electrons. The Balaban J connectivity index is 1.68. The van der Waals surface area contributed by atoms with Gasteiger partial charge in [0.1, 0.15) is 0 Å². The highest BCUT2D eigenvalue weighted by Gasteiger charge is 2.35. The van der Waals surface area contributed by atoms with Crippen LogP contribution in [0.4, 0.5) is 4.39 Å². The molecule has 3 aromatic rings. The number of benzene rings is 2. The molecule has 3 nitrogen and oxygen atoms in total. The maximum atomic E-state index is 14.2. The molecule has 0 saturated carbocycles. The zero-order chi connectivity index (χ0) is 19.4. The van der Waals surface area contributed by atoms with Crippen LogP contribution in [0.5, 0.6) is 5.75 Å². The molecule has 2 atom stereocenters. The fourth-order valence-corrected chi connectivity index (χ4v) is 4.87. The van der Waals surface area contributed by atoms with E-state index in [9.17, 15) is 4.39 Å². The van der Waals surface area contributed by atoms with E-state index in [4.69, 9.17) is 4.74 Å². The SMILES string of the molecule is COc1ccc(C(C)=Cn2c3c(c4cc(C)ccc42)C2CCN(C3)C2)cc1F. The number of hydrogen-bond acceptors (Lipinski definition) is 2. The Morgan fingerprint density at radius 3 is 2.86 bits per heavy atom. The average Bonchev–Trinajstić information content (AvgIpc) is 3.20. The highest BCUT2D eigenvalue weighted by molar-refractivity contribution is 5.91. The predicted octanol–water partition coefficient (Wildman–Crippen LogP) is 5.42. The molecule has 0 spiro atoms. The van der Waals surface area contributed by atoms with E-state index in [1.165, 1.54) is 54.3 Å². The number of ether oxygens (including phenoxy) is 1. The summed E-state index contributed by atoms with van der Waals surface area (Å²) in [6.45, 7) is 7.55. The van der Waals surface area contributed by atoms with Gasteiger partial charge in [-0.2, -0.15) is 0 Å². The summed E-state index contributed by atoms with van der Waals surface area (Å²) in [5.41, 5.74) is 7.37. The van der Waals surface area contributed by atoms with Crippen LogP contribution < -0.4 is 4.74 Å². The molecule has 1 fully saturated rings. The van der Waals surface area contributed by atoms with Gasteiger partial charge in [-0.25, -0.2) is 4.39 Å². The second-order valence-electron chi connectivity index (χ2n) is 8.13. The van der Waals surface area contributed by atoms with Crippen LogP contribution in [0.25, 0.3) is 22.7 Å². The summed E-state index contributed by atoms with van der Waals surface area (Å²) in [7, 11) is 1.49. The molecule has 1 saturated heterocycles. The van der Waals surface area contributed by atoms with Crippen molar-refractivity contribution in [3.05, 3.63) is 64.6 Å². The first-order chi connectivity index (χ1) is 13.5. The second-order valence-corrected chi connectivity index (χ2v) is 8.13. The minimum absolute atomic E-state index is 0.278. The zero-order valence-electron chi connectivity index (χ0n) is 16.6. The summed E-state index contributed by atoms with van der Waals surface area (Å²) >= 11 is 0. The number of nitrogens with zero attached hydrogens (tertiary/aromatic N) is 2. The third kappa shape index (κ3) is 2.67. The van der Waals surface area contributed by atoms with Gasteiger partial charge in [0.05, 0.1) is 12.6 Å². The molecule has 0 N–H and O–H groups in total. The van der Waals surface area contributed by atoms with E-state index in [1.807, 2.05) is 13.0 Å². The van der Waals surface area contributed by atoms with Gasteiger partial charge in [-0.3, -0.25) is 4.90 Å². The smallest absolute Gasteiger partial charge is 0.165 e. The largest absolute Gasteiger partial charge is 0.494 e. The molecular formula is C24H25FN2O. The van der Waals surface area contributed by atoms with Crippen LogP contribution in [-0.4, -0.2) is 29.7 Å². The van der Waals surface area contributed by atoms with Gasteiger partial charge in [0.2, 0.25) is 0 Å². The van der Waals surface area contributed by atoms with Gasteiger partial charge in [-0.1, -0.05) is 17.7 Å². The Morgan fingerprint density at radius 1 is 1.21 bits per heavy atom. The maximum Gasteiger partial charge on any atom is 0.165 e. The van der Waals surface area contributed by atoms with Gasteiger partial charge in [0, 0.05) is 36.3 Å². The van der Waals surface area contributed by atoms with Gasteiger partial charge in [-0.15, -0.1) is 0 Å². The fourth-order valence-electron chi connectivity index (χ4n) is 4.87. The summed E-state index contributed by atoms with van der Waals surface area (Å²) in [5, 5.41) is 1.38. The summed E-state index contributed by atoms with van der Waals surface area (Å²) < 4.78 is 21.6. The number of fused-ring (bicyclic) bond motifs is 6. The van der Waals surface area contributed by atoms with Crippen molar-refractivity contribution >= 4 is 22.7 Å². The molecule has 2 aromatic carbocycles. The number of hydrogen-bond donors (Lipinski definition) is 0. The van der Waals surface area contributed by atoms with Crippen molar-refractivity contribution in [2.45, 2.75) is 32.7 Å². The Bertz CT molecular complexity index is 1110. The lowest BCUT2D eigenvalue weighted by Crippen LogP contribution is -2.25. The Morgan fingerprint density at radius 2 is 2.07 bits per heavy atom. The molecule has 2 bridgehead atoms. The third-order valence-electron chi connectivity index (χ3n) is 6.29. The number of aromatic nitrogens is 1.